The molecule has 4 nitrogen and oxygen atoms in total. The smallest absolute Gasteiger partial charge is 0.331 e. The van der Waals surface area contributed by atoms with Crippen LogP contribution in [0.5, 0.6) is 0 Å². The van der Waals surface area contributed by atoms with Crippen molar-refractivity contribution in [3.63, 3.8) is 0 Å². The number of hydrogen-bond donors (Lipinski definition) is 2. The Balaban J connectivity index is 0. The molecule has 0 bridgehead atoms. The summed E-state index contributed by atoms with van der Waals surface area (Å²) >= 11 is 0. The summed E-state index contributed by atoms with van der Waals surface area (Å²) in [5, 5.41) is 16.1. The molecule has 0 rings (SSSR count). The molecule has 0 aromatic carbocycles. The molecule has 10 heavy (non-hydrogen) atoms. The Morgan fingerprint density at radius 2 is 1.70 bits per heavy atom. The minimum absolute atomic E-state index is 0. The fraction of sp³-hybridized carbons (Fsp3) is 0.200. The summed E-state index contributed by atoms with van der Waals surface area (Å²) in [5.74, 6) is -2.44. The summed E-state index contributed by atoms with van der Waals surface area (Å²) in [6, 6.07) is 0. The van der Waals surface area contributed by atoms with Gasteiger partial charge in [0.05, 0.1) is 6.42 Å². The van der Waals surface area contributed by atoms with E-state index in [4.69, 9.17) is 10.2 Å². The third kappa shape index (κ3) is 6.18. The van der Waals surface area contributed by atoms with Gasteiger partial charge in [0.15, 0.2) is 0 Å². The minimum atomic E-state index is -1.27. The molecule has 0 aromatic rings. The summed E-state index contributed by atoms with van der Waals surface area (Å²) < 4.78 is 0. The maximum atomic E-state index is 9.87. The Kier molecular flexibility index (Phi) is 7.39. The van der Waals surface area contributed by atoms with Crippen LogP contribution in [0.3, 0.4) is 0 Å². The van der Waals surface area contributed by atoms with Crippen molar-refractivity contribution < 1.29 is 61.5 Å². The fourth-order valence-electron chi connectivity index (χ4n) is 0.258. The Hall–Kier alpha value is 0.0566. The van der Waals surface area contributed by atoms with Crippen LogP contribution in [0.25, 0.3) is 0 Å². The standard InChI is InChI=1S/C5H6O4.Ce/c1-3(5(8)9)2-4(6)7;/h1-2H2,(H,6,7)(H,8,9);. The van der Waals surface area contributed by atoms with Gasteiger partial charge in [-0.2, -0.15) is 0 Å². The van der Waals surface area contributed by atoms with Crippen LogP contribution < -0.4 is 0 Å². The maximum Gasteiger partial charge on any atom is 0.331 e. The van der Waals surface area contributed by atoms with E-state index in [0.29, 0.717) is 0 Å². The molecular formula is C5H6CeO4. The van der Waals surface area contributed by atoms with Crippen LogP contribution in [0, 0.1) is 41.7 Å². The first-order valence-corrected chi connectivity index (χ1v) is 2.17. The fourth-order valence-corrected chi connectivity index (χ4v) is 0.258. The van der Waals surface area contributed by atoms with E-state index in [1.54, 1.807) is 0 Å². The third-order valence-electron chi connectivity index (χ3n) is 0.667. The van der Waals surface area contributed by atoms with Gasteiger partial charge < -0.3 is 10.2 Å². The molecule has 0 heterocycles. The quantitative estimate of drug-likeness (QED) is 0.713. The Morgan fingerprint density at radius 3 is 1.80 bits per heavy atom. The summed E-state index contributed by atoms with van der Waals surface area (Å²) in [6.45, 7) is 3.01. The molecule has 0 amide bonds. The molecule has 0 saturated heterocycles. The monoisotopic (exact) mass is 270 g/mol. The van der Waals surface area contributed by atoms with Crippen molar-refractivity contribution in [2.24, 2.45) is 0 Å². The van der Waals surface area contributed by atoms with Crippen molar-refractivity contribution in [1.82, 2.24) is 0 Å². The van der Waals surface area contributed by atoms with Crippen molar-refractivity contribution in [3.05, 3.63) is 12.2 Å². The first-order valence-electron chi connectivity index (χ1n) is 2.17. The molecule has 0 atom stereocenters. The van der Waals surface area contributed by atoms with Crippen LogP contribution in [0.2, 0.25) is 0 Å². The van der Waals surface area contributed by atoms with E-state index in [0.717, 1.165) is 0 Å². The normalized spacial score (nSPS) is 7.60. The summed E-state index contributed by atoms with van der Waals surface area (Å²) in [7, 11) is 0. The number of aliphatic carboxylic acids is 2. The second kappa shape index (κ2) is 5.81. The number of carboxylic acids is 2. The summed E-state index contributed by atoms with van der Waals surface area (Å²) in [5.41, 5.74) is -0.303. The number of hydrogen-bond acceptors (Lipinski definition) is 2. The molecule has 5 heteroatoms. The van der Waals surface area contributed by atoms with Crippen molar-refractivity contribution in [3.8, 4) is 0 Å². The van der Waals surface area contributed by atoms with Crippen molar-refractivity contribution >= 4 is 11.9 Å². The van der Waals surface area contributed by atoms with E-state index in [1.807, 2.05) is 0 Å². The van der Waals surface area contributed by atoms with Crippen LogP contribution in [0.4, 0.5) is 0 Å². The zero-order valence-electron chi connectivity index (χ0n) is 5.13. The number of carbonyl (C=O) groups is 2. The average molecular weight is 270 g/mol. The zero-order valence-corrected chi connectivity index (χ0v) is 8.27. The van der Waals surface area contributed by atoms with Gasteiger partial charge in [-0.3, -0.25) is 4.79 Å². The predicted molar refractivity (Wildman–Crippen MR) is 29.0 cm³/mol. The van der Waals surface area contributed by atoms with Crippen molar-refractivity contribution in [1.29, 1.82) is 0 Å². The molecule has 0 aliphatic rings. The van der Waals surface area contributed by atoms with Crippen molar-refractivity contribution in [2.45, 2.75) is 6.42 Å². The van der Waals surface area contributed by atoms with E-state index in [2.05, 4.69) is 6.58 Å². The van der Waals surface area contributed by atoms with E-state index in [9.17, 15) is 9.59 Å². The van der Waals surface area contributed by atoms with Gasteiger partial charge in [0.2, 0.25) is 0 Å². The summed E-state index contributed by atoms with van der Waals surface area (Å²) in [4.78, 5) is 19.7. The Bertz CT molecular complexity index is 163. The van der Waals surface area contributed by atoms with Crippen LogP contribution in [-0.4, -0.2) is 22.2 Å². The molecule has 0 aliphatic heterocycles. The van der Waals surface area contributed by atoms with E-state index < -0.39 is 18.4 Å². The van der Waals surface area contributed by atoms with Gasteiger partial charge in [0.1, 0.15) is 0 Å². The molecule has 0 unspecified atom stereocenters. The molecule has 0 aliphatic carbocycles. The van der Waals surface area contributed by atoms with Gasteiger partial charge in [-0.15, -0.1) is 0 Å². The van der Waals surface area contributed by atoms with Gasteiger partial charge >= 0.3 is 11.9 Å². The largest absolute Gasteiger partial charge is 0.481 e. The first kappa shape index (κ1) is 12.7. The SMILES string of the molecule is C=C(CC(=O)O)C(=O)O.[Ce]. The molecule has 0 saturated carbocycles. The van der Waals surface area contributed by atoms with E-state index in [1.165, 1.54) is 0 Å². The van der Waals surface area contributed by atoms with Gasteiger partial charge in [0, 0.05) is 47.3 Å². The Labute approximate surface area is 91.3 Å². The molecule has 0 radical (unpaired) electrons. The topological polar surface area (TPSA) is 74.6 Å². The molecular weight excluding hydrogens is 264 g/mol. The summed E-state index contributed by atoms with van der Waals surface area (Å²) in [6.07, 6.45) is -0.505. The first-order chi connectivity index (χ1) is 4.04. The minimum Gasteiger partial charge on any atom is -0.481 e. The van der Waals surface area contributed by atoms with Crippen LogP contribution >= 0.6 is 0 Å². The van der Waals surface area contributed by atoms with Crippen molar-refractivity contribution in [2.75, 3.05) is 0 Å². The zero-order chi connectivity index (χ0) is 7.44. The Morgan fingerprint density at radius 1 is 1.30 bits per heavy atom. The molecule has 0 spiro atoms. The van der Waals surface area contributed by atoms with Gasteiger partial charge in [-0.05, 0) is 0 Å². The third-order valence-corrected chi connectivity index (χ3v) is 0.667. The van der Waals surface area contributed by atoms with Crippen LogP contribution in [0.15, 0.2) is 12.2 Å². The molecule has 54 valence electrons. The number of carboxylic acid groups (broad SMARTS) is 2. The van der Waals surface area contributed by atoms with Gasteiger partial charge in [-0.1, -0.05) is 6.58 Å². The van der Waals surface area contributed by atoms with Crippen LogP contribution in [-0.2, 0) is 9.59 Å². The molecule has 2 N–H and O–H groups in total. The second-order valence-corrected chi connectivity index (χ2v) is 1.48. The maximum absolute atomic E-state index is 9.87. The average Bonchev–Trinajstić information content (AvgIpc) is 1.63. The van der Waals surface area contributed by atoms with Crippen LogP contribution in [0.1, 0.15) is 6.42 Å². The van der Waals surface area contributed by atoms with Gasteiger partial charge in [0.25, 0.3) is 0 Å². The van der Waals surface area contributed by atoms with Gasteiger partial charge in [-0.25, -0.2) is 4.79 Å². The molecule has 0 fully saturated rings. The predicted octanol–water partition coefficient (Wildman–Crippen LogP) is 0.102. The van der Waals surface area contributed by atoms with E-state index >= 15 is 0 Å². The molecule has 0 aromatic heterocycles. The van der Waals surface area contributed by atoms with E-state index in [-0.39, 0.29) is 47.3 Å². The number of rotatable bonds is 3. The second-order valence-electron chi connectivity index (χ2n) is 1.48.